The number of hydrogen-bond acceptors (Lipinski definition) is 2. The van der Waals surface area contributed by atoms with E-state index in [0.717, 1.165) is 25.7 Å². The Kier molecular flexibility index (Phi) is 4.19. The van der Waals surface area contributed by atoms with Crippen molar-refractivity contribution in [3.05, 3.63) is 35.4 Å². The Labute approximate surface area is 131 Å². The summed E-state index contributed by atoms with van der Waals surface area (Å²) in [5.74, 6) is 0.0432. The van der Waals surface area contributed by atoms with Crippen LogP contribution in [-0.4, -0.2) is 18.4 Å². The van der Waals surface area contributed by atoms with Crippen molar-refractivity contribution in [3.8, 4) is 0 Å². The zero-order chi connectivity index (χ0) is 15.6. The summed E-state index contributed by atoms with van der Waals surface area (Å²) in [5, 5.41) is 6.13. The van der Waals surface area contributed by atoms with Crippen LogP contribution in [0, 0.1) is 12.8 Å². The summed E-state index contributed by atoms with van der Waals surface area (Å²) in [6.45, 7) is 2.55. The summed E-state index contributed by atoms with van der Waals surface area (Å²) in [6.07, 6.45) is 5.41. The topological polar surface area (TPSA) is 58.2 Å². The SMILES string of the molecule is Cc1cccc(C2(NC(=O)[C@H]3CCC(=O)NC3)CCCC2)c1. The number of carbonyl (C=O) groups excluding carboxylic acids is 2. The number of carbonyl (C=O) groups is 2. The molecule has 1 aromatic rings. The van der Waals surface area contributed by atoms with Gasteiger partial charge in [0.15, 0.2) is 0 Å². The molecule has 2 amide bonds. The first-order valence-corrected chi connectivity index (χ1v) is 8.25. The Morgan fingerprint density at radius 3 is 2.73 bits per heavy atom. The van der Waals surface area contributed by atoms with Gasteiger partial charge < -0.3 is 10.6 Å². The van der Waals surface area contributed by atoms with Crippen molar-refractivity contribution < 1.29 is 9.59 Å². The zero-order valence-electron chi connectivity index (χ0n) is 13.2. The highest BCUT2D eigenvalue weighted by molar-refractivity contribution is 5.84. The average Bonchev–Trinajstić information content (AvgIpc) is 2.97. The first kappa shape index (κ1) is 15.1. The minimum atomic E-state index is -0.218. The van der Waals surface area contributed by atoms with Gasteiger partial charge in [-0.1, -0.05) is 42.7 Å². The predicted molar refractivity (Wildman–Crippen MR) is 85.2 cm³/mol. The van der Waals surface area contributed by atoms with E-state index in [2.05, 4.69) is 41.8 Å². The van der Waals surface area contributed by atoms with Crippen molar-refractivity contribution in [1.82, 2.24) is 10.6 Å². The Bertz CT molecular complexity index is 566. The molecular formula is C18H24N2O2. The van der Waals surface area contributed by atoms with Gasteiger partial charge in [0.25, 0.3) is 0 Å². The van der Waals surface area contributed by atoms with Crippen LogP contribution in [0.25, 0.3) is 0 Å². The van der Waals surface area contributed by atoms with Gasteiger partial charge in [-0.05, 0) is 31.7 Å². The van der Waals surface area contributed by atoms with Gasteiger partial charge in [0.1, 0.15) is 0 Å². The second kappa shape index (κ2) is 6.11. The van der Waals surface area contributed by atoms with Gasteiger partial charge in [-0.25, -0.2) is 0 Å². The van der Waals surface area contributed by atoms with Crippen LogP contribution in [-0.2, 0) is 15.1 Å². The molecule has 2 N–H and O–H groups in total. The molecule has 0 radical (unpaired) electrons. The molecule has 4 heteroatoms. The monoisotopic (exact) mass is 300 g/mol. The molecule has 0 spiro atoms. The standard InChI is InChI=1S/C18H24N2O2/c1-13-5-4-6-15(11-13)18(9-2-3-10-18)20-17(22)14-7-8-16(21)19-12-14/h4-6,11,14H,2-3,7-10,12H2,1H3,(H,19,21)(H,20,22)/t14-/m0/s1. The van der Waals surface area contributed by atoms with Crippen molar-refractivity contribution in [2.45, 2.75) is 51.0 Å². The molecule has 3 rings (SSSR count). The molecule has 0 bridgehead atoms. The Hall–Kier alpha value is -1.84. The van der Waals surface area contributed by atoms with Gasteiger partial charge in [0, 0.05) is 13.0 Å². The van der Waals surface area contributed by atoms with E-state index < -0.39 is 0 Å². The number of piperidine rings is 1. The quantitative estimate of drug-likeness (QED) is 0.900. The van der Waals surface area contributed by atoms with Crippen molar-refractivity contribution in [1.29, 1.82) is 0 Å². The second-order valence-electron chi connectivity index (χ2n) is 6.69. The summed E-state index contributed by atoms with van der Waals surface area (Å²) in [6, 6.07) is 8.47. The maximum atomic E-state index is 12.7. The lowest BCUT2D eigenvalue weighted by Gasteiger charge is -2.34. The number of benzene rings is 1. The molecule has 22 heavy (non-hydrogen) atoms. The van der Waals surface area contributed by atoms with Gasteiger partial charge in [-0.3, -0.25) is 9.59 Å². The fourth-order valence-electron chi connectivity index (χ4n) is 3.70. The van der Waals surface area contributed by atoms with E-state index in [1.165, 1.54) is 11.1 Å². The van der Waals surface area contributed by atoms with E-state index in [1.807, 2.05) is 0 Å². The average molecular weight is 300 g/mol. The van der Waals surface area contributed by atoms with Gasteiger partial charge in [-0.15, -0.1) is 0 Å². The van der Waals surface area contributed by atoms with E-state index in [-0.39, 0.29) is 23.3 Å². The second-order valence-corrected chi connectivity index (χ2v) is 6.69. The molecule has 0 aromatic heterocycles. The van der Waals surface area contributed by atoms with Gasteiger partial charge in [0.05, 0.1) is 11.5 Å². The molecule has 1 atom stereocenters. The van der Waals surface area contributed by atoms with Crippen LogP contribution in [0.5, 0.6) is 0 Å². The summed E-state index contributed by atoms with van der Waals surface area (Å²) in [7, 11) is 0. The smallest absolute Gasteiger partial charge is 0.225 e. The van der Waals surface area contributed by atoms with E-state index in [4.69, 9.17) is 0 Å². The Balaban J connectivity index is 1.77. The van der Waals surface area contributed by atoms with E-state index in [1.54, 1.807) is 0 Å². The zero-order valence-corrected chi connectivity index (χ0v) is 13.2. The lowest BCUT2D eigenvalue weighted by atomic mass is 9.86. The molecule has 0 unspecified atom stereocenters. The normalized spacial score (nSPS) is 23.9. The number of rotatable bonds is 3. The highest BCUT2D eigenvalue weighted by Crippen LogP contribution is 2.39. The van der Waals surface area contributed by atoms with Crippen LogP contribution in [0.3, 0.4) is 0 Å². The van der Waals surface area contributed by atoms with E-state index in [9.17, 15) is 9.59 Å². The molecule has 1 aliphatic heterocycles. The maximum Gasteiger partial charge on any atom is 0.225 e. The minimum absolute atomic E-state index is 0.0540. The van der Waals surface area contributed by atoms with Crippen molar-refractivity contribution in [2.75, 3.05) is 6.54 Å². The first-order chi connectivity index (χ1) is 10.6. The van der Waals surface area contributed by atoms with Crippen molar-refractivity contribution in [2.24, 2.45) is 5.92 Å². The van der Waals surface area contributed by atoms with Gasteiger partial charge in [-0.2, -0.15) is 0 Å². The number of hydrogen-bond donors (Lipinski definition) is 2. The molecular weight excluding hydrogens is 276 g/mol. The largest absolute Gasteiger partial charge is 0.355 e. The van der Waals surface area contributed by atoms with E-state index >= 15 is 0 Å². The Morgan fingerprint density at radius 1 is 1.32 bits per heavy atom. The minimum Gasteiger partial charge on any atom is -0.355 e. The van der Waals surface area contributed by atoms with Crippen molar-refractivity contribution >= 4 is 11.8 Å². The summed E-state index contributed by atoms with van der Waals surface area (Å²) in [4.78, 5) is 23.9. The third-order valence-electron chi connectivity index (χ3n) is 5.03. The number of aryl methyl sites for hydroxylation is 1. The van der Waals surface area contributed by atoms with Crippen LogP contribution in [0.15, 0.2) is 24.3 Å². The maximum absolute atomic E-state index is 12.7. The molecule has 1 heterocycles. The molecule has 118 valence electrons. The summed E-state index contributed by atoms with van der Waals surface area (Å²) >= 11 is 0. The third kappa shape index (κ3) is 3.01. The molecule has 2 aliphatic rings. The lowest BCUT2D eigenvalue weighted by molar-refractivity contribution is -0.130. The molecule has 1 aliphatic carbocycles. The summed E-state index contributed by atoms with van der Waals surface area (Å²) < 4.78 is 0. The van der Waals surface area contributed by atoms with Gasteiger partial charge >= 0.3 is 0 Å². The Morgan fingerprint density at radius 2 is 2.09 bits per heavy atom. The summed E-state index contributed by atoms with van der Waals surface area (Å²) in [5.41, 5.74) is 2.23. The molecule has 4 nitrogen and oxygen atoms in total. The van der Waals surface area contributed by atoms with Crippen LogP contribution < -0.4 is 10.6 Å². The molecule has 1 aromatic carbocycles. The third-order valence-corrected chi connectivity index (χ3v) is 5.03. The highest BCUT2D eigenvalue weighted by Gasteiger charge is 2.39. The number of amides is 2. The van der Waals surface area contributed by atoms with Crippen LogP contribution in [0.4, 0.5) is 0 Å². The van der Waals surface area contributed by atoms with E-state index in [0.29, 0.717) is 19.4 Å². The van der Waals surface area contributed by atoms with Crippen molar-refractivity contribution in [3.63, 3.8) is 0 Å². The molecule has 1 saturated carbocycles. The first-order valence-electron chi connectivity index (χ1n) is 8.25. The number of nitrogens with one attached hydrogen (secondary N) is 2. The molecule has 2 fully saturated rings. The fraction of sp³-hybridized carbons (Fsp3) is 0.556. The lowest BCUT2D eigenvalue weighted by Crippen LogP contribution is -2.50. The van der Waals surface area contributed by atoms with Crippen LogP contribution in [0.1, 0.15) is 49.7 Å². The highest BCUT2D eigenvalue weighted by atomic mass is 16.2. The fourth-order valence-corrected chi connectivity index (χ4v) is 3.70. The predicted octanol–water partition coefficient (Wildman–Crippen LogP) is 2.41. The van der Waals surface area contributed by atoms with Crippen LogP contribution in [0.2, 0.25) is 0 Å². The van der Waals surface area contributed by atoms with Gasteiger partial charge in [0.2, 0.25) is 11.8 Å². The van der Waals surface area contributed by atoms with Crippen LogP contribution >= 0.6 is 0 Å². The molecule has 1 saturated heterocycles.